The fourth-order valence-electron chi connectivity index (χ4n) is 2.23. The Morgan fingerprint density at radius 2 is 1.88 bits per heavy atom. The number of thiophene rings is 1. The summed E-state index contributed by atoms with van der Waals surface area (Å²) in [6.45, 7) is 1.80. The largest absolute Gasteiger partial charge is 0.453 e. The SMILES string of the molecule is CCc1ccc(C(=O)COC(=O)c2cc3sc(N(C)C)nc3s2)cc1. The maximum absolute atomic E-state index is 12.2. The third-order valence-corrected chi connectivity index (χ3v) is 5.99. The van der Waals surface area contributed by atoms with Crippen LogP contribution in [0.1, 0.15) is 32.5 Å². The monoisotopic (exact) mass is 374 g/mol. The summed E-state index contributed by atoms with van der Waals surface area (Å²) in [5.41, 5.74) is 1.71. The summed E-state index contributed by atoms with van der Waals surface area (Å²) in [6, 6.07) is 9.13. The number of thiazole rings is 1. The molecule has 0 unspecified atom stereocenters. The van der Waals surface area contributed by atoms with Crippen LogP contribution in [0.25, 0.3) is 9.53 Å². The number of aryl methyl sites for hydroxylation is 1. The van der Waals surface area contributed by atoms with Crippen molar-refractivity contribution in [3.05, 3.63) is 46.3 Å². The van der Waals surface area contributed by atoms with E-state index >= 15 is 0 Å². The van der Waals surface area contributed by atoms with Crippen LogP contribution in [0.4, 0.5) is 5.13 Å². The minimum atomic E-state index is -0.486. The number of rotatable bonds is 6. The number of ether oxygens (including phenoxy) is 1. The Labute approximate surface area is 153 Å². The molecule has 0 saturated heterocycles. The molecule has 0 aliphatic carbocycles. The van der Waals surface area contributed by atoms with Gasteiger partial charge >= 0.3 is 5.97 Å². The van der Waals surface area contributed by atoms with Gasteiger partial charge in [0.2, 0.25) is 0 Å². The van der Waals surface area contributed by atoms with Gasteiger partial charge in [-0.2, -0.15) is 0 Å². The van der Waals surface area contributed by atoms with Crippen molar-refractivity contribution in [3.63, 3.8) is 0 Å². The molecule has 0 fully saturated rings. The molecule has 0 aliphatic rings. The van der Waals surface area contributed by atoms with Crippen LogP contribution in [-0.2, 0) is 11.2 Å². The van der Waals surface area contributed by atoms with Crippen LogP contribution in [0.15, 0.2) is 30.3 Å². The number of aromatic nitrogens is 1. The van der Waals surface area contributed by atoms with Gasteiger partial charge in [-0.15, -0.1) is 11.3 Å². The zero-order valence-electron chi connectivity index (χ0n) is 14.2. The maximum Gasteiger partial charge on any atom is 0.348 e. The first kappa shape index (κ1) is 17.6. The van der Waals surface area contributed by atoms with Crippen molar-refractivity contribution in [1.29, 1.82) is 0 Å². The summed E-state index contributed by atoms with van der Waals surface area (Å²) in [6.07, 6.45) is 0.919. The van der Waals surface area contributed by atoms with Gasteiger partial charge in [-0.1, -0.05) is 42.5 Å². The highest BCUT2D eigenvalue weighted by Gasteiger charge is 2.17. The second kappa shape index (κ2) is 7.33. The van der Waals surface area contributed by atoms with Crippen molar-refractivity contribution in [2.75, 3.05) is 25.6 Å². The second-order valence-corrected chi connectivity index (χ2v) is 7.76. The van der Waals surface area contributed by atoms with E-state index in [4.69, 9.17) is 4.74 Å². The zero-order valence-corrected chi connectivity index (χ0v) is 15.9. The lowest BCUT2D eigenvalue weighted by molar-refractivity contribution is 0.0479. The van der Waals surface area contributed by atoms with E-state index in [-0.39, 0.29) is 12.4 Å². The summed E-state index contributed by atoms with van der Waals surface area (Å²) in [5, 5.41) is 0.895. The fraction of sp³-hybridized carbons (Fsp3) is 0.278. The fourth-order valence-corrected chi connectivity index (χ4v) is 4.25. The Morgan fingerprint density at radius 1 is 1.16 bits per heavy atom. The highest BCUT2D eigenvalue weighted by atomic mass is 32.1. The lowest BCUT2D eigenvalue weighted by atomic mass is 10.1. The van der Waals surface area contributed by atoms with Gasteiger partial charge in [0, 0.05) is 19.7 Å². The topological polar surface area (TPSA) is 59.5 Å². The molecule has 3 rings (SSSR count). The molecule has 130 valence electrons. The zero-order chi connectivity index (χ0) is 18.0. The molecule has 5 nitrogen and oxygen atoms in total. The first-order chi connectivity index (χ1) is 12.0. The lowest BCUT2D eigenvalue weighted by Gasteiger charge is -2.05. The van der Waals surface area contributed by atoms with Crippen LogP contribution in [-0.4, -0.2) is 37.4 Å². The summed E-state index contributed by atoms with van der Waals surface area (Å²) in [4.78, 5) is 32.0. The molecule has 2 aromatic heterocycles. The Kier molecular flexibility index (Phi) is 5.15. The summed E-state index contributed by atoms with van der Waals surface area (Å²) in [7, 11) is 3.85. The van der Waals surface area contributed by atoms with E-state index in [0.717, 1.165) is 26.6 Å². The number of Topliss-reactive ketones (excluding diaryl/α,β-unsaturated/α-hetero) is 1. The van der Waals surface area contributed by atoms with Gasteiger partial charge in [0.15, 0.2) is 17.5 Å². The molecule has 7 heteroatoms. The number of ketones is 1. The second-order valence-electron chi connectivity index (χ2n) is 5.72. The number of anilines is 1. The lowest BCUT2D eigenvalue weighted by Crippen LogP contribution is -2.13. The van der Waals surface area contributed by atoms with E-state index in [9.17, 15) is 9.59 Å². The number of nitrogens with zero attached hydrogens (tertiary/aromatic N) is 2. The minimum Gasteiger partial charge on any atom is -0.453 e. The molecule has 0 saturated carbocycles. The standard InChI is InChI=1S/C18H18N2O3S2/c1-4-11-5-7-12(8-6-11)13(21)10-23-17(22)15-9-14-16(24-15)19-18(25-14)20(2)3/h5-9H,4,10H2,1-3H3. The molecule has 1 aromatic carbocycles. The molecule has 0 atom stereocenters. The van der Waals surface area contributed by atoms with Crippen molar-refractivity contribution >= 4 is 49.1 Å². The van der Waals surface area contributed by atoms with Crippen molar-refractivity contribution in [2.45, 2.75) is 13.3 Å². The van der Waals surface area contributed by atoms with Crippen molar-refractivity contribution < 1.29 is 14.3 Å². The first-order valence-corrected chi connectivity index (χ1v) is 9.48. The van der Waals surface area contributed by atoms with Crippen molar-refractivity contribution in [1.82, 2.24) is 4.98 Å². The molecule has 0 aliphatic heterocycles. The number of hydrogen-bond donors (Lipinski definition) is 0. The van der Waals surface area contributed by atoms with E-state index in [1.807, 2.05) is 31.1 Å². The predicted molar refractivity (Wildman–Crippen MR) is 102 cm³/mol. The molecular weight excluding hydrogens is 356 g/mol. The van der Waals surface area contributed by atoms with Crippen LogP contribution in [0.3, 0.4) is 0 Å². The molecule has 0 bridgehead atoms. The Hall–Kier alpha value is -2.25. The summed E-state index contributed by atoms with van der Waals surface area (Å²) >= 11 is 2.80. The number of fused-ring (bicyclic) bond motifs is 1. The molecule has 25 heavy (non-hydrogen) atoms. The molecule has 3 aromatic rings. The van der Waals surface area contributed by atoms with Gasteiger partial charge < -0.3 is 9.64 Å². The molecule has 2 heterocycles. The Balaban J connectivity index is 1.63. The number of esters is 1. The Morgan fingerprint density at radius 3 is 2.48 bits per heavy atom. The number of carbonyl (C=O) groups is 2. The molecular formula is C18H18N2O3S2. The van der Waals surface area contributed by atoms with Crippen molar-refractivity contribution in [3.8, 4) is 0 Å². The normalized spacial score (nSPS) is 10.8. The summed E-state index contributed by atoms with van der Waals surface area (Å²) < 4.78 is 6.11. The molecule has 0 N–H and O–H groups in total. The predicted octanol–water partition coefficient (Wildman–Crippen LogP) is 4.03. The van der Waals surface area contributed by atoms with E-state index < -0.39 is 5.97 Å². The van der Waals surface area contributed by atoms with Gasteiger partial charge in [0.05, 0.1) is 4.70 Å². The van der Waals surface area contributed by atoms with Crippen LogP contribution in [0.2, 0.25) is 0 Å². The first-order valence-electron chi connectivity index (χ1n) is 7.85. The highest BCUT2D eigenvalue weighted by molar-refractivity contribution is 7.29. The van der Waals surface area contributed by atoms with Gasteiger partial charge in [-0.25, -0.2) is 9.78 Å². The van der Waals surface area contributed by atoms with Gasteiger partial charge in [0.1, 0.15) is 9.71 Å². The van der Waals surface area contributed by atoms with Crippen LogP contribution in [0, 0.1) is 0 Å². The molecule has 0 amide bonds. The third kappa shape index (κ3) is 3.88. The van der Waals surface area contributed by atoms with Gasteiger partial charge in [-0.3, -0.25) is 4.79 Å². The van der Waals surface area contributed by atoms with Crippen LogP contribution < -0.4 is 4.90 Å². The Bertz CT molecular complexity index is 879. The molecule has 0 radical (unpaired) electrons. The van der Waals surface area contributed by atoms with Gasteiger partial charge in [-0.05, 0) is 18.1 Å². The third-order valence-electron chi connectivity index (χ3n) is 3.68. The van der Waals surface area contributed by atoms with E-state index in [0.29, 0.717) is 10.4 Å². The van der Waals surface area contributed by atoms with Crippen LogP contribution in [0.5, 0.6) is 0 Å². The molecule has 0 spiro atoms. The van der Waals surface area contributed by atoms with E-state index in [2.05, 4.69) is 11.9 Å². The average Bonchev–Trinajstić information content (AvgIpc) is 3.18. The van der Waals surface area contributed by atoms with Crippen molar-refractivity contribution in [2.24, 2.45) is 0 Å². The quantitative estimate of drug-likeness (QED) is 0.482. The smallest absolute Gasteiger partial charge is 0.348 e. The van der Waals surface area contributed by atoms with E-state index in [1.165, 1.54) is 22.7 Å². The minimum absolute atomic E-state index is 0.206. The van der Waals surface area contributed by atoms with Crippen LogP contribution >= 0.6 is 22.7 Å². The highest BCUT2D eigenvalue weighted by Crippen LogP contribution is 2.34. The summed E-state index contributed by atoms with van der Waals surface area (Å²) in [5.74, 6) is -0.692. The number of hydrogen-bond acceptors (Lipinski definition) is 7. The average molecular weight is 374 g/mol. The number of carbonyl (C=O) groups excluding carboxylic acids is 2. The maximum atomic E-state index is 12.2. The van der Waals surface area contributed by atoms with Gasteiger partial charge in [0.25, 0.3) is 0 Å². The van der Waals surface area contributed by atoms with E-state index in [1.54, 1.807) is 18.2 Å². The number of benzene rings is 1.